The number of carbonyl (C=O) groups is 1. The molecule has 2 aromatic carbocycles. The second-order valence-electron chi connectivity index (χ2n) is 7.15. The molecule has 0 saturated heterocycles. The van der Waals surface area contributed by atoms with Crippen molar-refractivity contribution in [2.24, 2.45) is 5.14 Å². The highest BCUT2D eigenvalue weighted by molar-refractivity contribution is 7.89. The quantitative estimate of drug-likeness (QED) is 0.502. The number of aromatic nitrogens is 1. The highest BCUT2D eigenvalue weighted by atomic mass is 32.2. The number of methoxy groups -OCH3 is 1. The van der Waals surface area contributed by atoms with Gasteiger partial charge in [0.1, 0.15) is 23.9 Å². The van der Waals surface area contributed by atoms with Gasteiger partial charge in [0, 0.05) is 12.6 Å². The Labute approximate surface area is 186 Å². The van der Waals surface area contributed by atoms with Crippen LogP contribution in [0.2, 0.25) is 0 Å². The van der Waals surface area contributed by atoms with Crippen molar-refractivity contribution in [3.05, 3.63) is 70.6 Å². The molecule has 0 fully saturated rings. The molecule has 0 aliphatic rings. The zero-order valence-corrected chi connectivity index (χ0v) is 18.9. The maximum atomic E-state index is 12.8. The molecule has 3 N–H and O–H groups in total. The lowest BCUT2D eigenvalue weighted by molar-refractivity contribution is 0.0949. The summed E-state index contributed by atoms with van der Waals surface area (Å²) in [6, 6.07) is 11.2. The number of rotatable bonds is 9. The van der Waals surface area contributed by atoms with E-state index >= 15 is 0 Å². The Morgan fingerprint density at radius 2 is 1.88 bits per heavy atom. The third-order valence-corrected chi connectivity index (χ3v) is 5.87. The van der Waals surface area contributed by atoms with Crippen molar-refractivity contribution in [3.8, 4) is 11.5 Å². The monoisotopic (exact) mass is 459 g/mol. The Bertz CT molecular complexity index is 1180. The first-order chi connectivity index (χ1) is 15.2. The van der Waals surface area contributed by atoms with E-state index in [0.29, 0.717) is 35.8 Å². The molecule has 0 aliphatic carbocycles. The predicted molar refractivity (Wildman–Crippen MR) is 117 cm³/mol. The number of carbonyl (C=O) groups excluding carboxylic acids is 1. The Balaban J connectivity index is 1.66. The molecule has 1 amide bonds. The van der Waals surface area contributed by atoms with Crippen molar-refractivity contribution in [3.63, 3.8) is 0 Å². The number of nitrogens with zero attached hydrogens (tertiary/aromatic N) is 1. The van der Waals surface area contributed by atoms with Gasteiger partial charge in [-0.15, -0.1) is 0 Å². The van der Waals surface area contributed by atoms with Crippen molar-refractivity contribution in [1.29, 1.82) is 0 Å². The predicted octanol–water partition coefficient (Wildman–Crippen LogP) is 2.50. The van der Waals surface area contributed by atoms with Gasteiger partial charge in [-0.3, -0.25) is 4.79 Å². The fraction of sp³-hybridized carbons (Fsp3) is 0.273. The summed E-state index contributed by atoms with van der Waals surface area (Å²) in [5.41, 5.74) is 2.77. The Morgan fingerprint density at radius 3 is 2.47 bits per heavy atom. The summed E-state index contributed by atoms with van der Waals surface area (Å²) in [4.78, 5) is 12.8. The van der Waals surface area contributed by atoms with Gasteiger partial charge >= 0.3 is 0 Å². The molecule has 0 unspecified atom stereocenters. The number of benzene rings is 2. The van der Waals surface area contributed by atoms with Crippen molar-refractivity contribution in [1.82, 2.24) is 10.5 Å². The van der Waals surface area contributed by atoms with E-state index in [1.807, 2.05) is 6.92 Å². The average molecular weight is 460 g/mol. The zero-order valence-electron chi connectivity index (χ0n) is 18.0. The third-order valence-electron chi connectivity index (χ3n) is 4.94. The highest BCUT2D eigenvalue weighted by Crippen LogP contribution is 2.26. The topological polar surface area (TPSA) is 134 Å². The molecule has 0 aliphatic heterocycles. The number of nitrogens with one attached hydrogen (secondary N) is 1. The van der Waals surface area contributed by atoms with Crippen LogP contribution in [0.4, 0.5) is 0 Å². The molecule has 170 valence electrons. The standard InChI is InChI=1S/C22H25N3O6S/c1-14-20(15(2)31-25-14)13-30-21-12-17(29-3)6-9-19(21)22(26)24-11-10-16-4-7-18(8-5-16)32(23,27)28/h4-9,12H,10-11,13H2,1-3H3,(H,24,26)(H2,23,27,28). The third kappa shape index (κ3) is 5.65. The van der Waals surface area contributed by atoms with Crippen molar-refractivity contribution in [2.45, 2.75) is 31.8 Å². The van der Waals surface area contributed by atoms with Crippen LogP contribution < -0.4 is 19.9 Å². The molecule has 0 radical (unpaired) electrons. The largest absolute Gasteiger partial charge is 0.497 e. The molecule has 3 aromatic rings. The molecule has 0 bridgehead atoms. The lowest BCUT2D eigenvalue weighted by Crippen LogP contribution is -2.26. The summed E-state index contributed by atoms with van der Waals surface area (Å²) in [6.07, 6.45) is 0.516. The van der Waals surface area contributed by atoms with E-state index in [0.717, 1.165) is 16.8 Å². The molecule has 0 spiro atoms. The lowest BCUT2D eigenvalue weighted by atomic mass is 10.1. The van der Waals surface area contributed by atoms with Gasteiger partial charge in [0.05, 0.1) is 28.8 Å². The van der Waals surface area contributed by atoms with Crippen molar-refractivity contribution < 1.29 is 27.2 Å². The molecule has 0 saturated carbocycles. The zero-order chi connectivity index (χ0) is 23.3. The summed E-state index contributed by atoms with van der Waals surface area (Å²) < 4.78 is 39.0. The van der Waals surface area contributed by atoms with Gasteiger partial charge in [-0.05, 0) is 50.1 Å². The SMILES string of the molecule is COc1ccc(C(=O)NCCc2ccc(S(N)(=O)=O)cc2)c(OCc2c(C)noc2C)c1. The Kier molecular flexibility index (Phi) is 7.16. The van der Waals surface area contributed by atoms with Crippen LogP contribution in [0.25, 0.3) is 0 Å². The van der Waals surface area contributed by atoms with Gasteiger partial charge in [0.2, 0.25) is 10.0 Å². The molecule has 3 rings (SSSR count). The molecule has 10 heteroatoms. The van der Waals surface area contributed by atoms with E-state index in [9.17, 15) is 13.2 Å². The number of hydrogen-bond donors (Lipinski definition) is 2. The van der Waals surface area contributed by atoms with Gasteiger partial charge in [0.15, 0.2) is 0 Å². The Hall–Kier alpha value is -3.37. The van der Waals surface area contributed by atoms with Gasteiger partial charge in [-0.25, -0.2) is 13.6 Å². The van der Waals surface area contributed by atoms with Crippen LogP contribution in [0.5, 0.6) is 11.5 Å². The van der Waals surface area contributed by atoms with Crippen LogP contribution in [0.15, 0.2) is 51.9 Å². The molecule has 1 heterocycles. The molecular weight excluding hydrogens is 434 g/mol. The Morgan fingerprint density at radius 1 is 1.16 bits per heavy atom. The van der Waals surface area contributed by atoms with Crippen LogP contribution in [0.1, 0.15) is 32.9 Å². The summed E-state index contributed by atoms with van der Waals surface area (Å²) in [5, 5.41) is 11.9. The fourth-order valence-corrected chi connectivity index (χ4v) is 3.57. The molecule has 9 nitrogen and oxygen atoms in total. The summed E-state index contributed by atoms with van der Waals surface area (Å²) in [6.45, 7) is 4.17. The number of aryl methyl sites for hydroxylation is 2. The van der Waals surface area contributed by atoms with E-state index in [1.165, 1.54) is 19.2 Å². The minimum absolute atomic E-state index is 0.0450. The van der Waals surface area contributed by atoms with E-state index in [-0.39, 0.29) is 17.4 Å². The summed E-state index contributed by atoms with van der Waals surface area (Å²) >= 11 is 0. The number of hydrogen-bond acceptors (Lipinski definition) is 7. The van der Waals surface area contributed by atoms with Gasteiger partial charge < -0.3 is 19.3 Å². The number of primary sulfonamides is 1. The molecule has 32 heavy (non-hydrogen) atoms. The minimum atomic E-state index is -3.73. The van der Waals surface area contributed by atoms with E-state index in [2.05, 4.69) is 10.5 Å². The van der Waals surface area contributed by atoms with E-state index < -0.39 is 10.0 Å². The van der Waals surface area contributed by atoms with Gasteiger partial charge in [-0.2, -0.15) is 0 Å². The number of ether oxygens (including phenoxy) is 2. The molecule has 0 atom stereocenters. The highest BCUT2D eigenvalue weighted by Gasteiger charge is 2.16. The maximum absolute atomic E-state index is 12.8. The minimum Gasteiger partial charge on any atom is -0.497 e. The first kappa shape index (κ1) is 23.3. The molecule has 1 aromatic heterocycles. The summed E-state index contributed by atoms with van der Waals surface area (Å²) in [7, 11) is -2.20. The average Bonchev–Trinajstić information content (AvgIpc) is 3.09. The van der Waals surface area contributed by atoms with Crippen LogP contribution >= 0.6 is 0 Å². The number of nitrogens with two attached hydrogens (primary N) is 1. The van der Waals surface area contributed by atoms with Crippen LogP contribution in [-0.4, -0.2) is 33.1 Å². The van der Waals surface area contributed by atoms with Crippen LogP contribution in [-0.2, 0) is 23.1 Å². The second-order valence-corrected chi connectivity index (χ2v) is 8.71. The summed E-state index contributed by atoms with van der Waals surface area (Å²) in [5.74, 6) is 1.29. The lowest BCUT2D eigenvalue weighted by Gasteiger charge is -2.13. The van der Waals surface area contributed by atoms with Crippen molar-refractivity contribution >= 4 is 15.9 Å². The van der Waals surface area contributed by atoms with E-state index in [4.69, 9.17) is 19.1 Å². The van der Waals surface area contributed by atoms with Gasteiger partial charge in [-0.1, -0.05) is 17.3 Å². The number of amides is 1. The second kappa shape index (κ2) is 9.84. The van der Waals surface area contributed by atoms with Crippen LogP contribution in [0, 0.1) is 13.8 Å². The smallest absolute Gasteiger partial charge is 0.255 e. The first-order valence-electron chi connectivity index (χ1n) is 9.81. The first-order valence-corrected chi connectivity index (χ1v) is 11.4. The number of sulfonamides is 1. The van der Waals surface area contributed by atoms with Gasteiger partial charge in [0.25, 0.3) is 5.91 Å². The molecular formula is C22H25N3O6S. The van der Waals surface area contributed by atoms with E-state index in [1.54, 1.807) is 37.3 Å². The maximum Gasteiger partial charge on any atom is 0.255 e. The fourth-order valence-electron chi connectivity index (χ4n) is 3.06. The van der Waals surface area contributed by atoms with Crippen molar-refractivity contribution in [2.75, 3.05) is 13.7 Å². The normalized spacial score (nSPS) is 11.2. The van der Waals surface area contributed by atoms with Crippen LogP contribution in [0.3, 0.4) is 0 Å².